The molecule has 0 radical (unpaired) electrons. The van der Waals surface area contributed by atoms with Gasteiger partial charge in [-0.3, -0.25) is 9.59 Å². The van der Waals surface area contributed by atoms with Gasteiger partial charge < -0.3 is 10.6 Å². The summed E-state index contributed by atoms with van der Waals surface area (Å²) in [4.78, 5) is 29.7. The van der Waals surface area contributed by atoms with Crippen molar-refractivity contribution < 1.29 is 18.0 Å². The zero-order chi connectivity index (χ0) is 26.3. The fourth-order valence-corrected chi connectivity index (χ4v) is 6.32. The molecule has 1 saturated heterocycles. The van der Waals surface area contributed by atoms with E-state index in [1.54, 1.807) is 41.9 Å². The maximum atomic E-state index is 13.6. The van der Waals surface area contributed by atoms with Gasteiger partial charge in [-0.2, -0.15) is 5.10 Å². The Balaban J connectivity index is 1.59. The van der Waals surface area contributed by atoms with Crippen LogP contribution in [0.3, 0.4) is 0 Å². The number of nitrogens with zero attached hydrogens (tertiary/aromatic N) is 3. The van der Waals surface area contributed by atoms with Crippen LogP contribution in [0.25, 0.3) is 22.3 Å². The number of carbonyl (C=O) groups excluding carboxylic acids is 2. The van der Waals surface area contributed by atoms with Gasteiger partial charge in [-0.15, -0.1) is 0 Å². The number of hydrogen-bond acceptors (Lipinski definition) is 6. The average molecular weight is 518 g/mol. The third kappa shape index (κ3) is 5.10. The van der Waals surface area contributed by atoms with Crippen molar-refractivity contribution in [2.75, 3.05) is 22.1 Å². The lowest BCUT2D eigenvalue weighted by Gasteiger charge is -2.13. The predicted molar refractivity (Wildman–Crippen MR) is 143 cm³/mol. The Kier molecular flexibility index (Phi) is 6.28. The molecule has 2 aromatic heterocycles. The van der Waals surface area contributed by atoms with Gasteiger partial charge >= 0.3 is 0 Å². The number of aromatic nitrogens is 3. The quantitative estimate of drug-likeness (QED) is 0.407. The molecule has 0 spiro atoms. The van der Waals surface area contributed by atoms with E-state index in [1.807, 2.05) is 31.2 Å². The summed E-state index contributed by atoms with van der Waals surface area (Å²) in [6.07, 6.45) is 0.456. The summed E-state index contributed by atoms with van der Waals surface area (Å²) in [6.45, 7) is 5.23. The van der Waals surface area contributed by atoms with Gasteiger partial charge in [0.15, 0.2) is 15.5 Å². The third-order valence-corrected chi connectivity index (χ3v) is 8.20. The van der Waals surface area contributed by atoms with Gasteiger partial charge in [-0.05, 0) is 50.6 Å². The maximum absolute atomic E-state index is 13.6. The molecule has 9 nitrogen and oxygen atoms in total. The topological polar surface area (TPSA) is 123 Å². The van der Waals surface area contributed by atoms with Gasteiger partial charge in [0.2, 0.25) is 5.91 Å². The SMILES string of the molecule is CC(=O)Nc1ccc(NC(=O)c2cc(-c3ccc(C)cc3)nc3c2c(C)nn3C2CCS(=O)(=O)C2)cc1. The molecular formula is C27H27N5O4S. The lowest BCUT2D eigenvalue weighted by molar-refractivity contribution is -0.114. The monoisotopic (exact) mass is 517 g/mol. The van der Waals surface area contributed by atoms with Crippen LogP contribution in [0.15, 0.2) is 54.6 Å². The van der Waals surface area contributed by atoms with Crippen molar-refractivity contribution in [3.8, 4) is 11.3 Å². The van der Waals surface area contributed by atoms with E-state index in [9.17, 15) is 18.0 Å². The highest BCUT2D eigenvalue weighted by atomic mass is 32.2. The second-order valence-corrected chi connectivity index (χ2v) is 11.6. The smallest absolute Gasteiger partial charge is 0.256 e. The normalized spacial score (nSPS) is 16.6. The standard InChI is InChI=1S/C27H27N5O4S/c1-16-4-6-19(7-5-16)24-14-23(27(34)29-21-10-8-20(9-11-21)28-18(3)33)25-17(2)31-32(26(25)30-24)22-12-13-37(35,36)15-22/h4-11,14,22H,12-13,15H2,1-3H3,(H,28,33)(H,29,34). The van der Waals surface area contributed by atoms with Crippen LogP contribution in [0.1, 0.15) is 41.0 Å². The number of rotatable bonds is 5. The fraction of sp³-hybridized carbons (Fsp3) is 0.259. The van der Waals surface area contributed by atoms with Crippen LogP contribution in [0, 0.1) is 13.8 Å². The summed E-state index contributed by atoms with van der Waals surface area (Å²) in [5.41, 5.74) is 5.22. The minimum Gasteiger partial charge on any atom is -0.326 e. The lowest BCUT2D eigenvalue weighted by Crippen LogP contribution is -2.15. The average Bonchev–Trinajstić information content (AvgIpc) is 3.38. The van der Waals surface area contributed by atoms with Crippen molar-refractivity contribution in [2.45, 2.75) is 33.2 Å². The molecule has 0 aliphatic carbocycles. The van der Waals surface area contributed by atoms with E-state index in [0.717, 1.165) is 11.1 Å². The molecule has 1 atom stereocenters. The fourth-order valence-electron chi connectivity index (χ4n) is 4.63. The van der Waals surface area contributed by atoms with Crippen molar-refractivity contribution in [3.05, 3.63) is 71.4 Å². The van der Waals surface area contributed by atoms with Crippen LogP contribution in [0.4, 0.5) is 11.4 Å². The molecule has 5 rings (SSSR count). The molecule has 37 heavy (non-hydrogen) atoms. The van der Waals surface area contributed by atoms with E-state index in [-0.39, 0.29) is 29.4 Å². The zero-order valence-corrected chi connectivity index (χ0v) is 21.6. The van der Waals surface area contributed by atoms with Crippen molar-refractivity contribution in [1.82, 2.24) is 14.8 Å². The molecule has 4 aromatic rings. The Morgan fingerprint density at radius 1 is 0.973 bits per heavy atom. The van der Waals surface area contributed by atoms with Crippen molar-refractivity contribution >= 4 is 44.1 Å². The number of anilines is 2. The van der Waals surface area contributed by atoms with Gasteiger partial charge in [0.05, 0.1) is 39.9 Å². The Bertz CT molecular complexity index is 1620. The van der Waals surface area contributed by atoms with Crippen LogP contribution in [0.5, 0.6) is 0 Å². The molecule has 0 saturated carbocycles. The summed E-state index contributed by atoms with van der Waals surface area (Å²) in [6, 6.07) is 16.1. The summed E-state index contributed by atoms with van der Waals surface area (Å²) in [5, 5.41) is 10.9. The molecule has 190 valence electrons. The Labute approximate surface area is 214 Å². The van der Waals surface area contributed by atoms with Gasteiger partial charge in [-0.25, -0.2) is 18.1 Å². The second-order valence-electron chi connectivity index (χ2n) is 9.42. The lowest BCUT2D eigenvalue weighted by atomic mass is 10.0. The van der Waals surface area contributed by atoms with Crippen LogP contribution in [-0.2, 0) is 14.6 Å². The van der Waals surface area contributed by atoms with Crippen molar-refractivity contribution in [2.24, 2.45) is 0 Å². The molecule has 3 heterocycles. The predicted octanol–water partition coefficient (Wildman–Crippen LogP) is 4.29. The molecule has 1 unspecified atom stereocenters. The minimum absolute atomic E-state index is 0.00182. The van der Waals surface area contributed by atoms with Gasteiger partial charge in [0.25, 0.3) is 5.91 Å². The first-order chi connectivity index (χ1) is 17.6. The maximum Gasteiger partial charge on any atom is 0.256 e. The highest BCUT2D eigenvalue weighted by molar-refractivity contribution is 7.91. The highest BCUT2D eigenvalue weighted by Gasteiger charge is 2.32. The highest BCUT2D eigenvalue weighted by Crippen LogP contribution is 2.32. The molecule has 10 heteroatoms. The second kappa shape index (κ2) is 9.44. The number of benzene rings is 2. The van der Waals surface area contributed by atoms with Crippen molar-refractivity contribution in [1.29, 1.82) is 0 Å². The number of carbonyl (C=O) groups is 2. The summed E-state index contributed by atoms with van der Waals surface area (Å²) in [5.74, 6) is -0.406. The molecular weight excluding hydrogens is 490 g/mol. The number of sulfone groups is 1. The summed E-state index contributed by atoms with van der Waals surface area (Å²) < 4.78 is 26.1. The van der Waals surface area contributed by atoms with E-state index in [2.05, 4.69) is 15.7 Å². The third-order valence-electron chi connectivity index (χ3n) is 6.45. The first-order valence-corrected chi connectivity index (χ1v) is 13.8. The van der Waals surface area contributed by atoms with E-state index < -0.39 is 9.84 Å². The number of fused-ring (bicyclic) bond motifs is 1. The summed E-state index contributed by atoms with van der Waals surface area (Å²) >= 11 is 0. The van der Waals surface area contributed by atoms with Crippen LogP contribution in [-0.4, -0.2) is 46.5 Å². The number of aryl methyl sites for hydroxylation is 2. The molecule has 1 aliphatic rings. The van der Waals surface area contributed by atoms with E-state index >= 15 is 0 Å². The van der Waals surface area contributed by atoms with Gasteiger partial charge in [-0.1, -0.05) is 29.8 Å². The molecule has 1 aliphatic heterocycles. The van der Waals surface area contributed by atoms with Crippen molar-refractivity contribution in [3.63, 3.8) is 0 Å². The van der Waals surface area contributed by atoms with Crippen LogP contribution < -0.4 is 10.6 Å². The first kappa shape index (κ1) is 24.6. The first-order valence-electron chi connectivity index (χ1n) is 12.0. The Hall–Kier alpha value is -4.05. The Morgan fingerprint density at radius 2 is 1.62 bits per heavy atom. The van der Waals surface area contributed by atoms with E-state index in [0.29, 0.717) is 45.8 Å². The summed E-state index contributed by atoms with van der Waals surface area (Å²) in [7, 11) is -3.14. The largest absolute Gasteiger partial charge is 0.326 e. The molecule has 0 bridgehead atoms. The number of hydrogen-bond donors (Lipinski definition) is 2. The number of nitrogens with one attached hydrogen (secondary N) is 2. The molecule has 2 N–H and O–H groups in total. The van der Waals surface area contributed by atoms with Crippen LogP contribution in [0.2, 0.25) is 0 Å². The molecule has 2 amide bonds. The zero-order valence-electron chi connectivity index (χ0n) is 20.8. The van der Waals surface area contributed by atoms with E-state index in [4.69, 9.17) is 4.98 Å². The number of pyridine rings is 1. The van der Waals surface area contributed by atoms with Crippen LogP contribution >= 0.6 is 0 Å². The van der Waals surface area contributed by atoms with Gasteiger partial charge in [0.1, 0.15) is 0 Å². The van der Waals surface area contributed by atoms with E-state index in [1.165, 1.54) is 6.92 Å². The van der Waals surface area contributed by atoms with Gasteiger partial charge in [0, 0.05) is 23.9 Å². The minimum atomic E-state index is -3.14. The molecule has 1 fully saturated rings. The molecule has 2 aromatic carbocycles. The number of amides is 2. The Morgan fingerprint density at radius 3 is 2.22 bits per heavy atom.